The van der Waals surface area contributed by atoms with Crippen LogP contribution in [0.5, 0.6) is 34.5 Å². The summed E-state index contributed by atoms with van der Waals surface area (Å²) in [7, 11) is 0. The van der Waals surface area contributed by atoms with E-state index in [4.69, 9.17) is 4.74 Å². The molecule has 0 aromatic heterocycles. The Balaban J connectivity index is 2.05. The van der Waals surface area contributed by atoms with Gasteiger partial charge < -0.3 is 30.3 Å². The summed E-state index contributed by atoms with van der Waals surface area (Å²) in [6, 6.07) is 5.08. The van der Waals surface area contributed by atoms with Gasteiger partial charge in [0.1, 0.15) is 18.1 Å². The van der Waals surface area contributed by atoms with Gasteiger partial charge in [0.2, 0.25) is 11.5 Å². The quantitative estimate of drug-likeness (QED) is 0.309. The Kier molecular flexibility index (Phi) is 3.25. The third kappa shape index (κ3) is 2.38. The molecule has 0 fully saturated rings. The van der Waals surface area contributed by atoms with Gasteiger partial charge in [0.05, 0.1) is 5.56 Å². The fraction of sp³-hybridized carbons (Fsp3) is 0.0625. The van der Waals surface area contributed by atoms with E-state index in [1.54, 1.807) is 0 Å². The van der Waals surface area contributed by atoms with E-state index in [1.807, 2.05) is 0 Å². The van der Waals surface area contributed by atoms with Gasteiger partial charge in [-0.25, -0.2) is 0 Å². The molecule has 2 aromatic carbocycles. The molecule has 5 N–H and O–H groups in total. The zero-order valence-electron chi connectivity index (χ0n) is 11.6. The van der Waals surface area contributed by atoms with E-state index in [0.717, 1.165) is 6.07 Å². The third-order valence-corrected chi connectivity index (χ3v) is 3.47. The number of rotatable bonds is 1. The van der Waals surface area contributed by atoms with Crippen molar-refractivity contribution in [3.05, 3.63) is 41.0 Å². The number of Topliss-reactive ketones (excluding diaryl/α,β-unsaturated/α-hetero) is 1. The Bertz CT molecular complexity index is 852. The zero-order valence-corrected chi connectivity index (χ0v) is 11.6. The van der Waals surface area contributed by atoms with Gasteiger partial charge in [-0.3, -0.25) is 4.79 Å². The molecule has 0 aliphatic carbocycles. The first-order valence-electron chi connectivity index (χ1n) is 6.56. The third-order valence-electron chi connectivity index (χ3n) is 3.47. The highest BCUT2D eigenvalue weighted by atomic mass is 16.5. The van der Waals surface area contributed by atoms with Crippen molar-refractivity contribution in [3.8, 4) is 34.5 Å². The summed E-state index contributed by atoms with van der Waals surface area (Å²) in [6.07, 6.45) is 1.24. The number of benzene rings is 2. The van der Waals surface area contributed by atoms with Crippen LogP contribution in [-0.4, -0.2) is 37.9 Å². The number of ether oxygens (including phenoxy) is 1. The standard InChI is InChI=1S/C16H12O7/c17-9-1-2-10-12(5-9)23-6-8(13(10)19)3-7-4-11(18)15(21)16(22)14(7)20/h1-5,17-18,20-22H,6H2/b8-3+. The number of fused-ring (bicyclic) bond motifs is 1. The lowest BCUT2D eigenvalue weighted by Crippen LogP contribution is -2.18. The van der Waals surface area contributed by atoms with Crippen LogP contribution in [0.3, 0.4) is 0 Å². The molecule has 1 aliphatic heterocycles. The van der Waals surface area contributed by atoms with Crippen LogP contribution < -0.4 is 4.74 Å². The summed E-state index contributed by atoms with van der Waals surface area (Å²) in [5.41, 5.74) is 0.363. The van der Waals surface area contributed by atoms with E-state index in [9.17, 15) is 30.3 Å². The van der Waals surface area contributed by atoms with Gasteiger partial charge in [-0.2, -0.15) is 0 Å². The Hall–Kier alpha value is -3.35. The van der Waals surface area contributed by atoms with Crippen LogP contribution in [0.25, 0.3) is 6.08 Å². The van der Waals surface area contributed by atoms with Gasteiger partial charge in [-0.1, -0.05) is 0 Å². The molecular formula is C16H12O7. The lowest BCUT2D eigenvalue weighted by atomic mass is 9.97. The second-order valence-electron chi connectivity index (χ2n) is 5.00. The van der Waals surface area contributed by atoms with E-state index >= 15 is 0 Å². The van der Waals surface area contributed by atoms with Crippen LogP contribution in [0, 0.1) is 0 Å². The molecule has 0 bridgehead atoms. The summed E-state index contributed by atoms with van der Waals surface area (Å²) < 4.78 is 5.38. The average Bonchev–Trinajstić information content (AvgIpc) is 2.53. The van der Waals surface area contributed by atoms with Crippen molar-refractivity contribution in [2.75, 3.05) is 6.61 Å². The summed E-state index contributed by atoms with van der Waals surface area (Å²) in [4.78, 5) is 12.4. The first kappa shape index (κ1) is 14.6. The van der Waals surface area contributed by atoms with Crippen molar-refractivity contribution in [3.63, 3.8) is 0 Å². The maximum atomic E-state index is 12.4. The van der Waals surface area contributed by atoms with E-state index in [-0.39, 0.29) is 40.6 Å². The SMILES string of the molecule is O=C1/C(=C/c2cc(O)c(O)c(O)c2O)COc2cc(O)ccc21. The first-order valence-corrected chi connectivity index (χ1v) is 6.56. The Morgan fingerprint density at radius 1 is 0.957 bits per heavy atom. The zero-order chi connectivity index (χ0) is 16.7. The molecule has 1 heterocycles. The summed E-state index contributed by atoms with van der Waals surface area (Å²) >= 11 is 0. The van der Waals surface area contributed by atoms with E-state index in [1.165, 1.54) is 24.3 Å². The van der Waals surface area contributed by atoms with Crippen molar-refractivity contribution in [1.82, 2.24) is 0 Å². The fourth-order valence-corrected chi connectivity index (χ4v) is 2.27. The molecule has 0 radical (unpaired) electrons. The number of phenolic OH excluding ortho intramolecular Hbond substituents is 5. The number of phenols is 5. The highest BCUT2D eigenvalue weighted by Gasteiger charge is 2.25. The van der Waals surface area contributed by atoms with Gasteiger partial charge >= 0.3 is 0 Å². The van der Waals surface area contributed by atoms with Crippen LogP contribution in [-0.2, 0) is 0 Å². The van der Waals surface area contributed by atoms with Crippen LogP contribution >= 0.6 is 0 Å². The van der Waals surface area contributed by atoms with Gasteiger partial charge in [-0.15, -0.1) is 0 Å². The van der Waals surface area contributed by atoms with E-state index in [0.29, 0.717) is 0 Å². The predicted molar refractivity (Wildman–Crippen MR) is 79.0 cm³/mol. The van der Waals surface area contributed by atoms with Crippen LogP contribution in [0.15, 0.2) is 29.8 Å². The first-order chi connectivity index (χ1) is 10.9. The van der Waals surface area contributed by atoms with Gasteiger partial charge in [-0.05, 0) is 24.3 Å². The molecule has 7 heteroatoms. The molecule has 0 unspecified atom stereocenters. The van der Waals surface area contributed by atoms with Crippen LogP contribution in [0.4, 0.5) is 0 Å². The lowest BCUT2D eigenvalue weighted by molar-refractivity contribution is 0.100. The lowest BCUT2D eigenvalue weighted by Gasteiger charge is -2.19. The normalized spacial score (nSPS) is 15.3. The average molecular weight is 316 g/mol. The second kappa shape index (κ2) is 5.13. The van der Waals surface area contributed by atoms with Crippen molar-refractivity contribution < 1.29 is 35.1 Å². The second-order valence-corrected chi connectivity index (χ2v) is 5.00. The molecule has 3 rings (SSSR count). The minimum atomic E-state index is -0.883. The van der Waals surface area contributed by atoms with E-state index in [2.05, 4.69) is 0 Å². The molecule has 0 saturated carbocycles. The Morgan fingerprint density at radius 2 is 1.70 bits per heavy atom. The minimum absolute atomic E-state index is 0.0324. The Morgan fingerprint density at radius 3 is 2.43 bits per heavy atom. The summed E-state index contributed by atoms with van der Waals surface area (Å²) in [6.45, 7) is -0.114. The van der Waals surface area contributed by atoms with Crippen LogP contribution in [0.2, 0.25) is 0 Å². The molecule has 2 aromatic rings. The van der Waals surface area contributed by atoms with Gasteiger partial charge in [0.15, 0.2) is 17.3 Å². The highest BCUT2D eigenvalue weighted by Crippen LogP contribution is 2.44. The molecule has 0 amide bonds. The maximum Gasteiger partial charge on any atom is 0.204 e. The number of carbonyl (C=O) groups excluding carboxylic acids is 1. The number of hydrogen-bond donors (Lipinski definition) is 5. The van der Waals surface area contributed by atoms with Gasteiger partial charge in [0.25, 0.3) is 0 Å². The number of carbonyl (C=O) groups is 1. The largest absolute Gasteiger partial charge is 0.508 e. The monoisotopic (exact) mass is 316 g/mol. The molecule has 23 heavy (non-hydrogen) atoms. The maximum absolute atomic E-state index is 12.4. The summed E-state index contributed by atoms with van der Waals surface area (Å²) in [5.74, 6) is -3.21. The molecule has 0 atom stereocenters. The van der Waals surface area contributed by atoms with Crippen molar-refractivity contribution >= 4 is 11.9 Å². The molecule has 1 aliphatic rings. The summed E-state index contributed by atoms with van der Waals surface area (Å²) in [5, 5.41) is 47.5. The molecule has 7 nitrogen and oxygen atoms in total. The van der Waals surface area contributed by atoms with Crippen molar-refractivity contribution in [1.29, 1.82) is 0 Å². The number of hydrogen-bond acceptors (Lipinski definition) is 7. The van der Waals surface area contributed by atoms with Gasteiger partial charge in [0, 0.05) is 17.2 Å². The van der Waals surface area contributed by atoms with Crippen molar-refractivity contribution in [2.24, 2.45) is 0 Å². The van der Waals surface area contributed by atoms with E-state index < -0.39 is 23.0 Å². The number of ketones is 1. The topological polar surface area (TPSA) is 127 Å². The predicted octanol–water partition coefficient (Wildman–Crippen LogP) is 1.87. The molecule has 118 valence electrons. The van der Waals surface area contributed by atoms with Crippen molar-refractivity contribution in [2.45, 2.75) is 0 Å². The Labute approximate surface area is 129 Å². The molecular weight excluding hydrogens is 304 g/mol. The molecule has 0 spiro atoms. The number of aromatic hydroxyl groups is 5. The highest BCUT2D eigenvalue weighted by molar-refractivity contribution is 6.14. The molecule has 0 saturated heterocycles. The van der Waals surface area contributed by atoms with Crippen LogP contribution in [0.1, 0.15) is 15.9 Å². The fourth-order valence-electron chi connectivity index (χ4n) is 2.27. The minimum Gasteiger partial charge on any atom is -0.508 e. The smallest absolute Gasteiger partial charge is 0.204 e.